The lowest BCUT2D eigenvalue weighted by molar-refractivity contribution is 0.0938. The van der Waals surface area contributed by atoms with Crippen molar-refractivity contribution in [3.63, 3.8) is 0 Å². The molecule has 1 aromatic carbocycles. The molecule has 8 heteroatoms. The van der Waals surface area contributed by atoms with Crippen LogP contribution in [0.1, 0.15) is 54.5 Å². The molecule has 0 spiro atoms. The molecule has 2 rings (SSSR count). The molecular weight excluding hydrogens is 370 g/mol. The van der Waals surface area contributed by atoms with Crippen molar-refractivity contribution in [1.82, 2.24) is 25.6 Å². The van der Waals surface area contributed by atoms with Crippen molar-refractivity contribution in [1.29, 1.82) is 0 Å². The number of aromatic nitrogens is 3. The van der Waals surface area contributed by atoms with Crippen molar-refractivity contribution in [3.05, 3.63) is 40.7 Å². The molecule has 8 nitrogen and oxygen atoms in total. The Labute approximate surface area is 172 Å². The van der Waals surface area contributed by atoms with Crippen molar-refractivity contribution in [2.24, 2.45) is 5.92 Å². The normalized spacial score (nSPS) is 12.0. The summed E-state index contributed by atoms with van der Waals surface area (Å²) in [6, 6.07) is 5.74. The third-order valence-electron chi connectivity index (χ3n) is 4.43. The van der Waals surface area contributed by atoms with Crippen LogP contribution >= 0.6 is 0 Å². The molecule has 2 amide bonds. The lowest BCUT2D eigenvalue weighted by Gasteiger charge is -2.20. The van der Waals surface area contributed by atoms with Gasteiger partial charge < -0.3 is 15.4 Å². The summed E-state index contributed by atoms with van der Waals surface area (Å²) in [6.07, 6.45) is 0.234. The molecule has 0 fully saturated rings. The van der Waals surface area contributed by atoms with E-state index >= 15 is 0 Å². The maximum absolute atomic E-state index is 12.7. The monoisotopic (exact) mass is 401 g/mol. The summed E-state index contributed by atoms with van der Waals surface area (Å²) < 4.78 is 4.95. The zero-order valence-corrected chi connectivity index (χ0v) is 18.1. The molecule has 0 aliphatic rings. The number of ether oxygens (including phenoxy) is 1. The Morgan fingerprint density at radius 3 is 2.52 bits per heavy atom. The van der Waals surface area contributed by atoms with Gasteiger partial charge in [-0.05, 0) is 51.7 Å². The van der Waals surface area contributed by atoms with Gasteiger partial charge in [0, 0.05) is 12.6 Å². The van der Waals surface area contributed by atoms with Gasteiger partial charge in [0.25, 0.3) is 5.91 Å². The minimum atomic E-state index is -0.482. The molecule has 158 valence electrons. The van der Waals surface area contributed by atoms with Crippen LogP contribution in [0.25, 0.3) is 5.69 Å². The molecule has 1 atom stereocenters. The second-order valence-corrected chi connectivity index (χ2v) is 7.61. The quantitative estimate of drug-likeness (QED) is 0.708. The number of hydrogen-bond acceptors (Lipinski definition) is 5. The van der Waals surface area contributed by atoms with Crippen molar-refractivity contribution in [3.8, 4) is 5.69 Å². The summed E-state index contributed by atoms with van der Waals surface area (Å²) in [5.74, 6) is 0.0314. The van der Waals surface area contributed by atoms with Crippen molar-refractivity contribution >= 4 is 12.0 Å². The average Bonchev–Trinajstić information content (AvgIpc) is 3.00. The van der Waals surface area contributed by atoms with Crippen molar-refractivity contribution in [2.75, 3.05) is 13.2 Å². The number of rotatable bonds is 8. The SMILES string of the molecule is CCOC(=O)NC(CNC(=O)c1nn(-c2ccc(C)cc2C)nc1C)CC(C)C. The van der Waals surface area contributed by atoms with Crippen molar-refractivity contribution in [2.45, 2.75) is 54.0 Å². The first kappa shape index (κ1) is 22.4. The van der Waals surface area contributed by atoms with Crippen LogP contribution in [-0.2, 0) is 4.74 Å². The first-order chi connectivity index (χ1) is 13.7. The van der Waals surface area contributed by atoms with Gasteiger partial charge >= 0.3 is 6.09 Å². The topological polar surface area (TPSA) is 98.1 Å². The minimum absolute atomic E-state index is 0.229. The molecule has 0 saturated heterocycles. The lowest BCUT2D eigenvalue weighted by atomic mass is 10.0. The smallest absolute Gasteiger partial charge is 0.407 e. The zero-order chi connectivity index (χ0) is 21.6. The second-order valence-electron chi connectivity index (χ2n) is 7.61. The van der Waals surface area contributed by atoms with E-state index in [1.165, 1.54) is 4.80 Å². The fourth-order valence-corrected chi connectivity index (χ4v) is 3.13. The van der Waals surface area contributed by atoms with Crippen LogP contribution in [0.15, 0.2) is 18.2 Å². The van der Waals surface area contributed by atoms with Gasteiger partial charge in [0.2, 0.25) is 0 Å². The molecule has 0 aliphatic carbocycles. The number of benzene rings is 1. The molecule has 0 aliphatic heterocycles. The third-order valence-corrected chi connectivity index (χ3v) is 4.43. The molecule has 2 aromatic rings. The number of nitrogens with one attached hydrogen (secondary N) is 2. The van der Waals surface area contributed by atoms with Crippen LogP contribution in [0.2, 0.25) is 0 Å². The number of aryl methyl sites for hydroxylation is 3. The van der Waals surface area contributed by atoms with Crippen LogP contribution in [0.4, 0.5) is 4.79 Å². The van der Waals surface area contributed by atoms with Crippen LogP contribution in [0.5, 0.6) is 0 Å². The predicted octanol–water partition coefficient (Wildman–Crippen LogP) is 3.08. The van der Waals surface area contributed by atoms with Gasteiger partial charge in [-0.15, -0.1) is 5.10 Å². The second kappa shape index (κ2) is 10.0. The van der Waals surface area contributed by atoms with E-state index in [4.69, 9.17) is 4.74 Å². The van der Waals surface area contributed by atoms with Gasteiger partial charge in [0.15, 0.2) is 5.69 Å². The van der Waals surface area contributed by atoms with Crippen LogP contribution in [0.3, 0.4) is 0 Å². The maximum Gasteiger partial charge on any atom is 0.407 e. The maximum atomic E-state index is 12.7. The van der Waals surface area contributed by atoms with Gasteiger partial charge in [0.05, 0.1) is 18.0 Å². The van der Waals surface area contributed by atoms with E-state index in [1.807, 2.05) is 32.0 Å². The molecule has 2 N–H and O–H groups in total. The Kier molecular flexibility index (Phi) is 7.75. The van der Waals surface area contributed by atoms with Crippen LogP contribution in [0, 0.1) is 26.7 Å². The molecule has 1 unspecified atom stereocenters. The van der Waals surface area contributed by atoms with E-state index in [1.54, 1.807) is 13.8 Å². The van der Waals surface area contributed by atoms with E-state index in [0.717, 1.165) is 16.8 Å². The molecule has 0 radical (unpaired) electrons. The fourth-order valence-electron chi connectivity index (χ4n) is 3.13. The summed E-state index contributed by atoms with van der Waals surface area (Å²) in [7, 11) is 0. The fraction of sp³-hybridized carbons (Fsp3) is 0.524. The molecular formula is C21H31N5O3. The van der Waals surface area contributed by atoms with Gasteiger partial charge in [-0.1, -0.05) is 31.5 Å². The molecule has 1 aromatic heterocycles. The highest BCUT2D eigenvalue weighted by atomic mass is 16.5. The predicted molar refractivity (Wildman–Crippen MR) is 111 cm³/mol. The highest BCUT2D eigenvalue weighted by Gasteiger charge is 2.20. The first-order valence-electron chi connectivity index (χ1n) is 9.94. The Morgan fingerprint density at radius 2 is 1.90 bits per heavy atom. The van der Waals surface area contributed by atoms with E-state index in [0.29, 0.717) is 24.6 Å². The van der Waals surface area contributed by atoms with Crippen molar-refractivity contribution < 1.29 is 14.3 Å². The highest BCUT2D eigenvalue weighted by Crippen LogP contribution is 2.15. The Morgan fingerprint density at radius 1 is 1.17 bits per heavy atom. The molecule has 0 bridgehead atoms. The van der Waals surface area contributed by atoms with Gasteiger partial charge in [-0.3, -0.25) is 4.79 Å². The number of alkyl carbamates (subject to hydrolysis) is 1. The van der Waals surface area contributed by atoms with Crippen LogP contribution in [-0.4, -0.2) is 46.2 Å². The summed E-state index contributed by atoms with van der Waals surface area (Å²) in [5, 5.41) is 14.4. The van der Waals surface area contributed by atoms with Crippen LogP contribution < -0.4 is 10.6 Å². The minimum Gasteiger partial charge on any atom is -0.450 e. The first-order valence-corrected chi connectivity index (χ1v) is 9.94. The highest BCUT2D eigenvalue weighted by molar-refractivity contribution is 5.93. The Hall–Kier alpha value is -2.90. The summed E-state index contributed by atoms with van der Waals surface area (Å²) >= 11 is 0. The number of nitrogens with zero attached hydrogens (tertiary/aromatic N) is 3. The Balaban J connectivity index is 2.09. The van der Waals surface area contributed by atoms with E-state index in [-0.39, 0.29) is 24.2 Å². The third kappa shape index (κ3) is 6.30. The average molecular weight is 402 g/mol. The standard InChI is InChI=1S/C21H31N5O3/c1-7-29-21(28)23-17(10-13(2)3)12-22-20(27)19-16(6)24-26(25-19)18-9-8-14(4)11-15(18)5/h8-9,11,13,17H,7,10,12H2,1-6H3,(H,22,27)(H,23,28). The lowest BCUT2D eigenvalue weighted by Crippen LogP contribution is -2.44. The van der Waals surface area contributed by atoms with E-state index in [9.17, 15) is 9.59 Å². The van der Waals surface area contributed by atoms with E-state index < -0.39 is 6.09 Å². The number of carbonyl (C=O) groups is 2. The zero-order valence-electron chi connectivity index (χ0n) is 18.1. The summed E-state index contributed by atoms with van der Waals surface area (Å²) in [4.78, 5) is 25.9. The number of hydrogen-bond donors (Lipinski definition) is 2. The summed E-state index contributed by atoms with van der Waals surface area (Å²) in [6.45, 7) is 12.2. The number of amides is 2. The molecule has 29 heavy (non-hydrogen) atoms. The van der Waals surface area contributed by atoms with E-state index in [2.05, 4.69) is 34.7 Å². The largest absolute Gasteiger partial charge is 0.450 e. The van der Waals surface area contributed by atoms with Gasteiger partial charge in [-0.25, -0.2) is 4.79 Å². The van der Waals surface area contributed by atoms with Gasteiger partial charge in [0.1, 0.15) is 0 Å². The Bertz CT molecular complexity index is 860. The summed E-state index contributed by atoms with van der Waals surface area (Å²) in [5.41, 5.74) is 3.83. The molecule has 0 saturated carbocycles. The molecule has 1 heterocycles. The van der Waals surface area contributed by atoms with Gasteiger partial charge in [-0.2, -0.15) is 9.90 Å². The number of carbonyl (C=O) groups excluding carboxylic acids is 2.